The number of aryl methyl sites for hydroxylation is 1. The molecule has 2 N–H and O–H groups in total. The molecule has 0 aliphatic carbocycles. The fourth-order valence-electron chi connectivity index (χ4n) is 2.89. The number of rotatable bonds is 7. The molecule has 0 atom stereocenters. The number of hydrogen-bond acceptors (Lipinski definition) is 5. The van der Waals surface area contributed by atoms with E-state index in [1.165, 1.54) is 24.3 Å². The highest BCUT2D eigenvalue weighted by molar-refractivity contribution is 6.34. The van der Waals surface area contributed by atoms with E-state index in [1.807, 2.05) is 31.2 Å². The third kappa shape index (κ3) is 5.25. The Bertz CT molecular complexity index is 1160. The number of phenols is 1. The normalized spacial score (nSPS) is 11.0. The van der Waals surface area contributed by atoms with E-state index < -0.39 is 11.7 Å². The van der Waals surface area contributed by atoms with Gasteiger partial charge < -0.3 is 15.2 Å². The van der Waals surface area contributed by atoms with Gasteiger partial charge in [-0.15, -0.1) is 0 Å². The summed E-state index contributed by atoms with van der Waals surface area (Å²) in [5.41, 5.74) is 1.99. The van der Waals surface area contributed by atoms with E-state index in [1.54, 1.807) is 31.2 Å². The van der Waals surface area contributed by atoms with Crippen LogP contribution in [-0.2, 0) is 9.59 Å². The lowest BCUT2D eigenvalue weighted by molar-refractivity contribution is -0.127. The van der Waals surface area contributed by atoms with E-state index in [2.05, 4.69) is 5.32 Å². The van der Waals surface area contributed by atoms with Crippen molar-refractivity contribution in [1.82, 2.24) is 5.32 Å². The summed E-state index contributed by atoms with van der Waals surface area (Å²) in [6.45, 7) is 3.53. The standard InChI is InChI=1S/C25H21NO5/c1-16-6-3-4-9-24(16)31-19-12-10-18(11-13-19)14-21(23(29)15-27)26-25(30)20-7-5-8-22(28)17(20)2/h3-15,28H,1-2H3,(H,26,30)/b21-14-. The van der Waals surface area contributed by atoms with E-state index in [4.69, 9.17) is 4.74 Å². The molecule has 0 saturated carbocycles. The molecule has 3 aromatic carbocycles. The van der Waals surface area contributed by atoms with Crippen LogP contribution >= 0.6 is 0 Å². The van der Waals surface area contributed by atoms with Crippen LogP contribution in [0.1, 0.15) is 27.0 Å². The summed E-state index contributed by atoms with van der Waals surface area (Å²) in [6, 6.07) is 19.0. The van der Waals surface area contributed by atoms with Crippen molar-refractivity contribution in [3.63, 3.8) is 0 Å². The first kappa shape index (κ1) is 21.5. The first-order valence-corrected chi connectivity index (χ1v) is 9.53. The quantitative estimate of drug-likeness (QED) is 0.340. The highest BCUT2D eigenvalue weighted by Gasteiger charge is 2.16. The van der Waals surface area contributed by atoms with Crippen molar-refractivity contribution < 1.29 is 24.2 Å². The lowest BCUT2D eigenvalue weighted by Crippen LogP contribution is -2.28. The Hall–Kier alpha value is -4.19. The van der Waals surface area contributed by atoms with Crippen molar-refractivity contribution in [2.24, 2.45) is 0 Å². The topological polar surface area (TPSA) is 92.7 Å². The van der Waals surface area contributed by atoms with Crippen LogP contribution in [0.3, 0.4) is 0 Å². The molecule has 0 aliphatic heterocycles. The predicted octanol–water partition coefficient (Wildman–Crippen LogP) is 4.34. The molecule has 0 fully saturated rings. The van der Waals surface area contributed by atoms with Gasteiger partial charge in [0.05, 0.1) is 5.70 Å². The number of phenolic OH excluding ortho intramolecular Hbond substituents is 1. The smallest absolute Gasteiger partial charge is 0.256 e. The summed E-state index contributed by atoms with van der Waals surface area (Å²) >= 11 is 0. The molecule has 0 aromatic heterocycles. The Morgan fingerprint density at radius 2 is 1.65 bits per heavy atom. The van der Waals surface area contributed by atoms with Crippen molar-refractivity contribution in [3.8, 4) is 17.2 Å². The molecular formula is C25H21NO5. The van der Waals surface area contributed by atoms with Crippen molar-refractivity contribution in [2.45, 2.75) is 13.8 Å². The molecule has 6 nitrogen and oxygen atoms in total. The van der Waals surface area contributed by atoms with Gasteiger partial charge in [-0.25, -0.2) is 0 Å². The molecule has 31 heavy (non-hydrogen) atoms. The minimum atomic E-state index is -0.869. The van der Waals surface area contributed by atoms with Crippen LogP contribution in [-0.4, -0.2) is 23.1 Å². The number of Topliss-reactive ketones (excluding diaryl/α,β-unsaturated/α-hetero) is 1. The van der Waals surface area contributed by atoms with E-state index in [0.29, 0.717) is 16.9 Å². The minimum Gasteiger partial charge on any atom is -0.508 e. The Labute approximate surface area is 179 Å². The van der Waals surface area contributed by atoms with Gasteiger partial charge in [0, 0.05) is 11.1 Å². The summed E-state index contributed by atoms with van der Waals surface area (Å²) in [4.78, 5) is 35.7. The predicted molar refractivity (Wildman–Crippen MR) is 117 cm³/mol. The van der Waals surface area contributed by atoms with Crippen LogP contribution < -0.4 is 10.1 Å². The highest BCUT2D eigenvalue weighted by Crippen LogP contribution is 2.25. The molecule has 0 bridgehead atoms. The summed E-state index contributed by atoms with van der Waals surface area (Å²) < 4.78 is 5.85. The van der Waals surface area contributed by atoms with Crippen molar-refractivity contribution in [1.29, 1.82) is 0 Å². The second-order valence-corrected chi connectivity index (χ2v) is 6.88. The minimum absolute atomic E-state index is 0.0378. The zero-order valence-corrected chi connectivity index (χ0v) is 17.1. The molecule has 0 saturated heterocycles. The Kier molecular flexibility index (Phi) is 6.62. The van der Waals surface area contributed by atoms with Crippen molar-refractivity contribution >= 4 is 24.1 Å². The highest BCUT2D eigenvalue weighted by atomic mass is 16.5. The van der Waals surface area contributed by atoms with Crippen LogP contribution in [0.2, 0.25) is 0 Å². The zero-order chi connectivity index (χ0) is 22.4. The average Bonchev–Trinajstić information content (AvgIpc) is 2.77. The molecule has 3 rings (SSSR count). The van der Waals surface area contributed by atoms with E-state index in [-0.39, 0.29) is 23.3 Å². The number of hydrogen-bond donors (Lipinski definition) is 2. The largest absolute Gasteiger partial charge is 0.508 e. The van der Waals surface area contributed by atoms with Crippen molar-refractivity contribution in [3.05, 3.63) is 94.7 Å². The number of carbonyl (C=O) groups excluding carboxylic acids is 3. The number of ketones is 1. The number of allylic oxidation sites excluding steroid dienone is 1. The number of benzene rings is 3. The van der Waals surface area contributed by atoms with Crippen LogP contribution in [0.25, 0.3) is 6.08 Å². The fraction of sp³-hybridized carbons (Fsp3) is 0.0800. The van der Waals surface area contributed by atoms with Gasteiger partial charge in [-0.2, -0.15) is 0 Å². The molecule has 156 valence electrons. The lowest BCUT2D eigenvalue weighted by Gasteiger charge is -2.10. The number of nitrogens with one attached hydrogen (secondary N) is 1. The Morgan fingerprint density at radius 3 is 2.32 bits per heavy atom. The van der Waals surface area contributed by atoms with Gasteiger partial charge in [0.25, 0.3) is 5.91 Å². The third-order valence-electron chi connectivity index (χ3n) is 4.68. The monoisotopic (exact) mass is 415 g/mol. The van der Waals surface area contributed by atoms with Crippen molar-refractivity contribution in [2.75, 3.05) is 0 Å². The first-order chi connectivity index (χ1) is 14.9. The maximum absolute atomic E-state index is 12.6. The van der Waals surface area contributed by atoms with Crippen LogP contribution in [0, 0.1) is 13.8 Å². The molecule has 0 unspecified atom stereocenters. The second kappa shape index (κ2) is 9.54. The van der Waals surface area contributed by atoms with Gasteiger partial charge >= 0.3 is 0 Å². The molecular weight excluding hydrogens is 394 g/mol. The van der Waals surface area contributed by atoms with Gasteiger partial charge in [-0.05, 0) is 61.4 Å². The molecule has 0 spiro atoms. The first-order valence-electron chi connectivity index (χ1n) is 9.53. The van der Waals surface area contributed by atoms with Crippen LogP contribution in [0.4, 0.5) is 0 Å². The number of aldehydes is 1. The lowest BCUT2D eigenvalue weighted by atomic mass is 10.1. The Balaban J connectivity index is 1.82. The molecule has 6 heteroatoms. The maximum Gasteiger partial charge on any atom is 0.256 e. The number of carbonyl (C=O) groups is 3. The SMILES string of the molecule is Cc1ccccc1Oc1ccc(/C=C(\NC(=O)c2cccc(O)c2C)C(=O)C=O)cc1. The summed E-state index contributed by atoms with van der Waals surface area (Å²) in [5.74, 6) is -0.171. The molecule has 1 amide bonds. The van der Waals surface area contributed by atoms with Crippen LogP contribution in [0.5, 0.6) is 17.2 Å². The maximum atomic E-state index is 12.6. The van der Waals surface area contributed by atoms with E-state index >= 15 is 0 Å². The number of amides is 1. The third-order valence-corrected chi connectivity index (χ3v) is 4.68. The van der Waals surface area contributed by atoms with Gasteiger partial charge in [0.2, 0.25) is 5.78 Å². The number of para-hydroxylation sites is 1. The molecule has 0 radical (unpaired) electrons. The summed E-state index contributed by atoms with van der Waals surface area (Å²) in [5, 5.41) is 12.3. The Morgan fingerprint density at radius 1 is 0.935 bits per heavy atom. The van der Waals surface area contributed by atoms with Gasteiger partial charge in [0.1, 0.15) is 17.2 Å². The molecule has 0 aliphatic rings. The molecule has 3 aromatic rings. The summed E-state index contributed by atoms with van der Waals surface area (Å²) in [7, 11) is 0. The summed E-state index contributed by atoms with van der Waals surface area (Å²) in [6.07, 6.45) is 1.54. The van der Waals surface area contributed by atoms with E-state index in [0.717, 1.165) is 11.3 Å². The zero-order valence-electron chi connectivity index (χ0n) is 17.1. The van der Waals surface area contributed by atoms with Crippen LogP contribution in [0.15, 0.2) is 72.4 Å². The number of aromatic hydroxyl groups is 1. The second-order valence-electron chi connectivity index (χ2n) is 6.88. The van der Waals surface area contributed by atoms with Gasteiger partial charge in [0.15, 0.2) is 6.29 Å². The van der Waals surface area contributed by atoms with E-state index in [9.17, 15) is 19.5 Å². The van der Waals surface area contributed by atoms with Gasteiger partial charge in [-0.3, -0.25) is 14.4 Å². The average molecular weight is 415 g/mol. The molecule has 0 heterocycles. The fourth-order valence-corrected chi connectivity index (χ4v) is 2.89. The van der Waals surface area contributed by atoms with Gasteiger partial charge in [-0.1, -0.05) is 36.4 Å². The number of ether oxygens (including phenoxy) is 1.